The second-order valence-corrected chi connectivity index (χ2v) is 6.01. The summed E-state index contributed by atoms with van der Waals surface area (Å²) >= 11 is 7.45. The van der Waals surface area contributed by atoms with Gasteiger partial charge in [-0.25, -0.2) is 0 Å². The molecule has 0 saturated carbocycles. The van der Waals surface area contributed by atoms with Crippen LogP contribution >= 0.6 is 22.9 Å². The van der Waals surface area contributed by atoms with Gasteiger partial charge in [0.15, 0.2) is 0 Å². The molecule has 2 nitrogen and oxygen atoms in total. The summed E-state index contributed by atoms with van der Waals surface area (Å²) in [5, 5.41) is 5.16. The Hall–Kier alpha value is -0.540. The number of hydrogen-bond donors (Lipinski definition) is 1. The lowest BCUT2D eigenvalue weighted by molar-refractivity contribution is -0.123. The largest absolute Gasteiger partial charge is 0.353 e. The molecule has 0 bridgehead atoms. The van der Waals surface area contributed by atoms with E-state index in [1.165, 1.54) is 10.4 Å². The number of rotatable bonds is 4. The number of thiophene rings is 1. The van der Waals surface area contributed by atoms with E-state index in [1.807, 2.05) is 6.92 Å². The average Bonchev–Trinajstić information content (AvgIpc) is 2.76. The van der Waals surface area contributed by atoms with E-state index in [9.17, 15) is 4.79 Å². The minimum Gasteiger partial charge on any atom is -0.353 e. The topological polar surface area (TPSA) is 29.1 Å². The Morgan fingerprint density at radius 2 is 2.53 bits per heavy atom. The number of fused-ring (bicyclic) bond motifs is 1. The summed E-state index contributed by atoms with van der Waals surface area (Å²) in [4.78, 5) is 13.6. The maximum absolute atomic E-state index is 12.2. The molecule has 94 valence electrons. The number of halogens is 1. The number of carbonyl (C=O) groups excluding carboxylic acids is 1. The van der Waals surface area contributed by atoms with Crippen molar-refractivity contribution >= 4 is 28.8 Å². The quantitative estimate of drug-likeness (QED) is 0.837. The molecule has 2 atom stereocenters. The van der Waals surface area contributed by atoms with Crippen molar-refractivity contribution in [1.29, 1.82) is 0 Å². The van der Waals surface area contributed by atoms with E-state index in [4.69, 9.17) is 11.6 Å². The Morgan fingerprint density at radius 1 is 1.71 bits per heavy atom. The number of hydrogen-bond acceptors (Lipinski definition) is 2. The van der Waals surface area contributed by atoms with Gasteiger partial charge in [0.25, 0.3) is 0 Å². The summed E-state index contributed by atoms with van der Waals surface area (Å²) in [5.74, 6) is 0.820. The molecule has 0 spiro atoms. The highest BCUT2D eigenvalue weighted by Crippen LogP contribution is 2.35. The Kier molecular flexibility index (Phi) is 4.46. The predicted octanol–water partition coefficient (Wildman–Crippen LogP) is 3.30. The first-order chi connectivity index (χ1) is 8.22. The van der Waals surface area contributed by atoms with Crippen LogP contribution < -0.4 is 5.32 Å². The first-order valence-corrected chi connectivity index (χ1v) is 7.56. The van der Waals surface area contributed by atoms with Crippen LogP contribution in [0.4, 0.5) is 0 Å². The molecule has 1 heterocycles. The molecule has 1 aromatic heterocycles. The molecule has 0 fully saturated rings. The van der Waals surface area contributed by atoms with Crippen molar-refractivity contribution in [3.8, 4) is 0 Å². The van der Waals surface area contributed by atoms with Crippen LogP contribution in [0.2, 0.25) is 0 Å². The van der Waals surface area contributed by atoms with Gasteiger partial charge in [-0.15, -0.1) is 22.9 Å². The van der Waals surface area contributed by atoms with Crippen LogP contribution in [0, 0.1) is 0 Å². The van der Waals surface area contributed by atoms with Crippen molar-refractivity contribution in [2.45, 2.75) is 44.6 Å². The second-order valence-electron chi connectivity index (χ2n) is 4.63. The summed E-state index contributed by atoms with van der Waals surface area (Å²) in [6.45, 7) is 2.01. The van der Waals surface area contributed by atoms with Crippen molar-refractivity contribution in [1.82, 2.24) is 5.32 Å². The monoisotopic (exact) mass is 271 g/mol. The van der Waals surface area contributed by atoms with Crippen LogP contribution in [0.1, 0.15) is 42.5 Å². The molecule has 1 N–H and O–H groups in total. The first-order valence-electron chi connectivity index (χ1n) is 6.15. The molecule has 1 aromatic rings. The van der Waals surface area contributed by atoms with Crippen LogP contribution in [0.5, 0.6) is 0 Å². The molecular formula is C13H18ClNOS. The fourth-order valence-corrected chi connectivity index (χ4v) is 3.65. The van der Waals surface area contributed by atoms with E-state index in [0.29, 0.717) is 5.88 Å². The van der Waals surface area contributed by atoms with Gasteiger partial charge in [-0.05, 0) is 49.6 Å². The van der Waals surface area contributed by atoms with E-state index >= 15 is 0 Å². The van der Waals surface area contributed by atoms with E-state index < -0.39 is 0 Å². The molecule has 1 aliphatic rings. The molecule has 0 saturated heterocycles. The normalized spacial score (nSPS) is 20.7. The van der Waals surface area contributed by atoms with Crippen LogP contribution in [0.25, 0.3) is 0 Å². The van der Waals surface area contributed by atoms with Gasteiger partial charge in [0, 0.05) is 16.8 Å². The smallest absolute Gasteiger partial charge is 0.227 e. The molecular weight excluding hydrogens is 254 g/mol. The number of carbonyl (C=O) groups is 1. The maximum Gasteiger partial charge on any atom is 0.227 e. The third-order valence-corrected chi connectivity index (χ3v) is 4.51. The van der Waals surface area contributed by atoms with Gasteiger partial charge in [-0.3, -0.25) is 4.79 Å². The summed E-state index contributed by atoms with van der Waals surface area (Å²) < 4.78 is 0. The highest BCUT2D eigenvalue weighted by atomic mass is 35.5. The highest BCUT2D eigenvalue weighted by molar-refractivity contribution is 7.10. The number of alkyl halides is 1. The van der Waals surface area contributed by atoms with Gasteiger partial charge >= 0.3 is 0 Å². The van der Waals surface area contributed by atoms with Gasteiger partial charge in [0.1, 0.15) is 0 Å². The van der Waals surface area contributed by atoms with Crippen LogP contribution in [0.15, 0.2) is 11.4 Å². The van der Waals surface area contributed by atoms with Gasteiger partial charge in [0.2, 0.25) is 5.91 Å². The third-order valence-electron chi connectivity index (χ3n) is 3.30. The molecule has 4 heteroatoms. The van der Waals surface area contributed by atoms with Crippen molar-refractivity contribution in [2.24, 2.45) is 0 Å². The molecule has 2 unspecified atom stereocenters. The van der Waals surface area contributed by atoms with E-state index in [2.05, 4.69) is 16.8 Å². The molecule has 0 radical (unpaired) electrons. The number of amides is 1. The van der Waals surface area contributed by atoms with E-state index in [1.54, 1.807) is 11.3 Å². The minimum absolute atomic E-state index is 0.0581. The fourth-order valence-electron chi connectivity index (χ4n) is 2.34. The standard InChI is InChI=1S/C13H18ClNOS/c1-9(5-7-14)15-13(16)11-3-2-4-12-10(11)6-8-17-12/h6,8-9,11H,2-5,7H2,1H3,(H,15,16). The summed E-state index contributed by atoms with van der Waals surface area (Å²) in [6.07, 6.45) is 4.06. The fraction of sp³-hybridized carbons (Fsp3) is 0.615. The Morgan fingerprint density at radius 3 is 3.29 bits per heavy atom. The van der Waals surface area contributed by atoms with Crippen LogP contribution in [-0.4, -0.2) is 17.8 Å². The third kappa shape index (κ3) is 3.02. The predicted molar refractivity (Wildman–Crippen MR) is 72.9 cm³/mol. The minimum atomic E-state index is 0.0581. The van der Waals surface area contributed by atoms with Gasteiger partial charge in [-0.1, -0.05) is 0 Å². The lowest BCUT2D eigenvalue weighted by Crippen LogP contribution is -2.37. The molecule has 1 aliphatic carbocycles. The summed E-state index contributed by atoms with van der Waals surface area (Å²) in [7, 11) is 0. The van der Waals surface area contributed by atoms with Gasteiger partial charge in [-0.2, -0.15) is 0 Å². The molecule has 17 heavy (non-hydrogen) atoms. The van der Waals surface area contributed by atoms with E-state index in [0.717, 1.165) is 25.7 Å². The molecule has 0 aromatic carbocycles. The molecule has 1 amide bonds. The zero-order chi connectivity index (χ0) is 12.3. The zero-order valence-electron chi connectivity index (χ0n) is 10.0. The summed E-state index contributed by atoms with van der Waals surface area (Å²) in [6, 6.07) is 2.28. The van der Waals surface area contributed by atoms with E-state index in [-0.39, 0.29) is 17.9 Å². The van der Waals surface area contributed by atoms with Crippen molar-refractivity contribution in [3.05, 3.63) is 21.9 Å². The highest BCUT2D eigenvalue weighted by Gasteiger charge is 2.27. The number of aryl methyl sites for hydroxylation is 1. The second kappa shape index (κ2) is 5.87. The lowest BCUT2D eigenvalue weighted by Gasteiger charge is -2.23. The van der Waals surface area contributed by atoms with Gasteiger partial charge < -0.3 is 5.32 Å². The van der Waals surface area contributed by atoms with Crippen LogP contribution in [0.3, 0.4) is 0 Å². The van der Waals surface area contributed by atoms with Crippen molar-refractivity contribution in [2.75, 3.05) is 5.88 Å². The Labute approximate surface area is 111 Å². The Bertz CT molecular complexity index is 391. The van der Waals surface area contributed by atoms with Gasteiger partial charge in [0.05, 0.1) is 5.92 Å². The maximum atomic E-state index is 12.2. The molecule has 2 rings (SSSR count). The SMILES string of the molecule is CC(CCCl)NC(=O)C1CCCc2sccc21. The first kappa shape index (κ1) is 12.9. The molecule has 0 aliphatic heterocycles. The van der Waals surface area contributed by atoms with Crippen molar-refractivity contribution < 1.29 is 4.79 Å². The summed E-state index contributed by atoms with van der Waals surface area (Å²) in [5.41, 5.74) is 1.25. The number of nitrogens with one attached hydrogen (secondary N) is 1. The zero-order valence-corrected chi connectivity index (χ0v) is 11.6. The lowest BCUT2D eigenvalue weighted by atomic mass is 9.87. The average molecular weight is 272 g/mol. The van der Waals surface area contributed by atoms with Crippen LogP contribution in [-0.2, 0) is 11.2 Å². The Balaban J connectivity index is 2.02. The van der Waals surface area contributed by atoms with Crippen molar-refractivity contribution in [3.63, 3.8) is 0 Å².